The minimum absolute atomic E-state index is 0.171. The molecule has 0 aliphatic carbocycles. The van der Waals surface area contributed by atoms with Gasteiger partial charge in [-0.25, -0.2) is 0 Å². The molecule has 3 N–H and O–H groups in total. The predicted molar refractivity (Wildman–Crippen MR) is 120 cm³/mol. The van der Waals surface area contributed by atoms with Crippen molar-refractivity contribution in [3.63, 3.8) is 0 Å². The molecule has 29 heavy (non-hydrogen) atoms. The Morgan fingerprint density at radius 1 is 0.690 bits per heavy atom. The minimum Gasteiger partial charge on any atom is -0.332 e. The van der Waals surface area contributed by atoms with Gasteiger partial charge in [0.15, 0.2) is 5.11 Å². The number of benzene rings is 3. The van der Waals surface area contributed by atoms with Gasteiger partial charge in [-0.05, 0) is 74.6 Å². The molecule has 0 aliphatic rings. The Kier molecular flexibility index (Phi) is 6.36. The van der Waals surface area contributed by atoms with Crippen LogP contribution in [0.1, 0.15) is 31.8 Å². The van der Waals surface area contributed by atoms with E-state index in [1.165, 1.54) is 0 Å². The van der Waals surface area contributed by atoms with Gasteiger partial charge < -0.3 is 10.6 Å². The van der Waals surface area contributed by atoms with Crippen molar-refractivity contribution in [3.05, 3.63) is 95.1 Å². The number of rotatable bonds is 4. The summed E-state index contributed by atoms with van der Waals surface area (Å²) in [5.41, 5.74) is 4.54. The first-order chi connectivity index (χ1) is 13.9. The van der Waals surface area contributed by atoms with Gasteiger partial charge in [-0.1, -0.05) is 35.4 Å². The van der Waals surface area contributed by atoms with Gasteiger partial charge in [-0.15, -0.1) is 0 Å². The zero-order valence-corrected chi connectivity index (χ0v) is 17.0. The van der Waals surface area contributed by atoms with Gasteiger partial charge >= 0.3 is 0 Å². The quantitative estimate of drug-likeness (QED) is 0.553. The van der Waals surface area contributed by atoms with E-state index in [9.17, 15) is 9.59 Å². The summed E-state index contributed by atoms with van der Waals surface area (Å²) in [5, 5.41) is 8.68. The maximum absolute atomic E-state index is 12.3. The largest absolute Gasteiger partial charge is 0.332 e. The van der Waals surface area contributed by atoms with Crippen molar-refractivity contribution in [1.29, 1.82) is 0 Å². The molecule has 0 radical (unpaired) electrons. The standard InChI is InChI=1S/C23H21N3O2S/c1-15-5-3-7-17(13-15)21(27)24-19-9-11-20(12-10-19)25-23(29)26-22(28)18-8-4-6-16(2)14-18/h3-14H,1-2H3,(H,24,27)(H2,25,26,28,29). The summed E-state index contributed by atoms with van der Waals surface area (Å²) in [4.78, 5) is 24.6. The molecule has 3 aromatic rings. The molecule has 0 heterocycles. The Bertz CT molecular complexity index is 1060. The van der Waals surface area contributed by atoms with Crippen LogP contribution in [0.4, 0.5) is 11.4 Å². The molecule has 0 spiro atoms. The van der Waals surface area contributed by atoms with E-state index in [1.54, 1.807) is 42.5 Å². The second kappa shape index (κ2) is 9.12. The SMILES string of the molecule is Cc1cccc(C(=O)NC(=S)Nc2ccc(NC(=O)c3cccc(C)c3)cc2)c1. The van der Waals surface area contributed by atoms with E-state index in [-0.39, 0.29) is 16.9 Å². The van der Waals surface area contributed by atoms with Crippen LogP contribution in [-0.2, 0) is 0 Å². The van der Waals surface area contributed by atoms with Crippen molar-refractivity contribution in [1.82, 2.24) is 5.32 Å². The van der Waals surface area contributed by atoms with Gasteiger partial charge in [-0.3, -0.25) is 14.9 Å². The molecule has 0 saturated heterocycles. The van der Waals surface area contributed by atoms with Crippen LogP contribution in [-0.4, -0.2) is 16.9 Å². The van der Waals surface area contributed by atoms with Crippen LogP contribution in [0.25, 0.3) is 0 Å². The van der Waals surface area contributed by atoms with Crippen molar-refractivity contribution < 1.29 is 9.59 Å². The maximum atomic E-state index is 12.3. The van der Waals surface area contributed by atoms with E-state index in [0.717, 1.165) is 11.1 Å². The fraction of sp³-hybridized carbons (Fsp3) is 0.0870. The molecule has 6 heteroatoms. The lowest BCUT2D eigenvalue weighted by atomic mass is 10.1. The Labute approximate surface area is 175 Å². The van der Waals surface area contributed by atoms with Gasteiger partial charge in [0.05, 0.1) is 0 Å². The van der Waals surface area contributed by atoms with Crippen molar-refractivity contribution in [2.45, 2.75) is 13.8 Å². The maximum Gasteiger partial charge on any atom is 0.257 e. The summed E-state index contributed by atoms with van der Waals surface area (Å²) in [6.07, 6.45) is 0. The number of hydrogen-bond acceptors (Lipinski definition) is 3. The van der Waals surface area contributed by atoms with Crippen LogP contribution >= 0.6 is 12.2 Å². The van der Waals surface area contributed by atoms with E-state index in [4.69, 9.17) is 12.2 Å². The molecule has 0 saturated carbocycles. The lowest BCUT2D eigenvalue weighted by Crippen LogP contribution is -2.34. The third-order valence-electron chi connectivity index (χ3n) is 4.19. The smallest absolute Gasteiger partial charge is 0.257 e. The topological polar surface area (TPSA) is 70.2 Å². The molecule has 0 atom stereocenters. The van der Waals surface area contributed by atoms with Gasteiger partial charge in [-0.2, -0.15) is 0 Å². The summed E-state index contributed by atoms with van der Waals surface area (Å²) in [6.45, 7) is 3.87. The van der Waals surface area contributed by atoms with Gasteiger partial charge in [0, 0.05) is 22.5 Å². The van der Waals surface area contributed by atoms with E-state index in [0.29, 0.717) is 22.5 Å². The van der Waals surface area contributed by atoms with E-state index >= 15 is 0 Å². The number of carbonyl (C=O) groups excluding carboxylic acids is 2. The minimum atomic E-state index is -0.270. The summed E-state index contributed by atoms with van der Waals surface area (Å²) < 4.78 is 0. The van der Waals surface area contributed by atoms with E-state index in [1.807, 2.05) is 44.2 Å². The van der Waals surface area contributed by atoms with Crippen LogP contribution < -0.4 is 16.0 Å². The van der Waals surface area contributed by atoms with Gasteiger partial charge in [0.2, 0.25) is 0 Å². The van der Waals surface area contributed by atoms with E-state index < -0.39 is 0 Å². The lowest BCUT2D eigenvalue weighted by Gasteiger charge is -2.11. The van der Waals surface area contributed by atoms with Crippen molar-refractivity contribution >= 4 is 40.5 Å². The first-order valence-electron chi connectivity index (χ1n) is 9.08. The normalized spacial score (nSPS) is 10.1. The highest BCUT2D eigenvalue weighted by Gasteiger charge is 2.09. The second-order valence-corrected chi connectivity index (χ2v) is 7.09. The molecule has 146 valence electrons. The number of anilines is 2. The predicted octanol–water partition coefficient (Wildman–Crippen LogP) is 4.68. The molecule has 5 nitrogen and oxygen atoms in total. The highest BCUT2D eigenvalue weighted by molar-refractivity contribution is 7.80. The molecule has 0 fully saturated rings. The molecule has 0 aromatic heterocycles. The summed E-state index contributed by atoms with van der Waals surface area (Å²) in [7, 11) is 0. The van der Waals surface area contributed by atoms with Crippen molar-refractivity contribution in [2.24, 2.45) is 0 Å². The summed E-state index contributed by atoms with van der Waals surface area (Å²) in [5.74, 6) is -0.441. The second-order valence-electron chi connectivity index (χ2n) is 6.68. The third-order valence-corrected chi connectivity index (χ3v) is 4.39. The lowest BCUT2D eigenvalue weighted by molar-refractivity contribution is 0.0976. The summed E-state index contributed by atoms with van der Waals surface area (Å²) >= 11 is 5.21. The number of thiocarbonyl (C=S) groups is 1. The Balaban J connectivity index is 1.56. The number of hydrogen-bond donors (Lipinski definition) is 3. The molecular formula is C23H21N3O2S. The van der Waals surface area contributed by atoms with Gasteiger partial charge in [0.1, 0.15) is 0 Å². The number of nitrogens with one attached hydrogen (secondary N) is 3. The zero-order chi connectivity index (χ0) is 20.8. The fourth-order valence-corrected chi connectivity index (χ4v) is 2.96. The summed E-state index contributed by atoms with van der Waals surface area (Å²) in [6, 6.07) is 21.8. The van der Waals surface area contributed by atoms with Crippen molar-refractivity contribution in [3.8, 4) is 0 Å². The molecule has 0 bridgehead atoms. The molecular weight excluding hydrogens is 382 g/mol. The number of amides is 2. The molecule has 0 unspecified atom stereocenters. The molecule has 3 aromatic carbocycles. The number of aryl methyl sites for hydroxylation is 2. The Morgan fingerprint density at radius 2 is 1.17 bits per heavy atom. The fourth-order valence-electron chi connectivity index (χ4n) is 2.75. The Morgan fingerprint density at radius 3 is 1.69 bits per heavy atom. The van der Waals surface area contributed by atoms with Crippen molar-refractivity contribution in [2.75, 3.05) is 10.6 Å². The van der Waals surface area contributed by atoms with Crippen LogP contribution in [0.2, 0.25) is 0 Å². The molecule has 2 amide bonds. The average Bonchev–Trinajstić information content (AvgIpc) is 2.69. The van der Waals surface area contributed by atoms with Crippen LogP contribution in [0.15, 0.2) is 72.8 Å². The van der Waals surface area contributed by atoms with E-state index in [2.05, 4.69) is 16.0 Å². The highest BCUT2D eigenvalue weighted by Crippen LogP contribution is 2.15. The third kappa shape index (κ3) is 5.73. The number of carbonyl (C=O) groups is 2. The van der Waals surface area contributed by atoms with Crippen LogP contribution in [0.5, 0.6) is 0 Å². The van der Waals surface area contributed by atoms with Gasteiger partial charge in [0.25, 0.3) is 11.8 Å². The molecule has 3 rings (SSSR count). The highest BCUT2D eigenvalue weighted by atomic mass is 32.1. The zero-order valence-electron chi connectivity index (χ0n) is 16.2. The van der Waals surface area contributed by atoms with Crippen LogP contribution in [0, 0.1) is 13.8 Å². The average molecular weight is 404 g/mol. The molecule has 0 aliphatic heterocycles. The first-order valence-corrected chi connectivity index (χ1v) is 9.48. The Hall–Kier alpha value is -3.51. The monoisotopic (exact) mass is 403 g/mol. The van der Waals surface area contributed by atoms with Crippen LogP contribution in [0.3, 0.4) is 0 Å². The first kappa shape index (κ1) is 20.2.